The van der Waals surface area contributed by atoms with Gasteiger partial charge in [0.25, 0.3) is 0 Å². The van der Waals surface area contributed by atoms with Crippen LogP contribution in [-0.4, -0.2) is 31.8 Å². The van der Waals surface area contributed by atoms with E-state index in [1.165, 1.54) is 6.92 Å². The third kappa shape index (κ3) is 8.10. The van der Waals surface area contributed by atoms with Crippen LogP contribution in [0.25, 0.3) is 6.08 Å². The molecule has 2 rings (SSSR count). The highest BCUT2D eigenvalue weighted by atomic mass is 16.6. The van der Waals surface area contributed by atoms with Crippen molar-refractivity contribution >= 4 is 18.0 Å². The molecule has 0 spiro atoms. The van der Waals surface area contributed by atoms with E-state index in [9.17, 15) is 9.59 Å². The molecule has 0 saturated carbocycles. The maximum atomic E-state index is 12.4. The van der Waals surface area contributed by atoms with Gasteiger partial charge in [-0.05, 0) is 54.3 Å². The molecule has 32 heavy (non-hydrogen) atoms. The summed E-state index contributed by atoms with van der Waals surface area (Å²) < 4.78 is 21.6. The zero-order chi connectivity index (χ0) is 23.3. The number of esters is 2. The van der Waals surface area contributed by atoms with Gasteiger partial charge < -0.3 is 18.9 Å². The molecule has 1 unspecified atom stereocenters. The number of unbranched alkanes of at least 4 members (excludes halogenated alkanes) is 1. The Labute approximate surface area is 190 Å². The zero-order valence-electron chi connectivity index (χ0n) is 19.3. The fourth-order valence-corrected chi connectivity index (χ4v) is 3.08. The first kappa shape index (κ1) is 25.0. The van der Waals surface area contributed by atoms with Crippen molar-refractivity contribution in [1.82, 2.24) is 0 Å². The highest BCUT2D eigenvalue weighted by molar-refractivity contribution is 5.79. The van der Waals surface area contributed by atoms with Crippen molar-refractivity contribution in [2.75, 3.05) is 13.7 Å². The van der Waals surface area contributed by atoms with Crippen LogP contribution >= 0.6 is 0 Å². The summed E-state index contributed by atoms with van der Waals surface area (Å²) in [6.07, 6.45) is 5.29. The van der Waals surface area contributed by atoms with Crippen LogP contribution in [-0.2, 0) is 32.1 Å². The molecule has 0 fully saturated rings. The first-order valence-electron chi connectivity index (χ1n) is 10.9. The largest absolute Gasteiger partial charge is 0.497 e. The van der Waals surface area contributed by atoms with Gasteiger partial charge in [-0.2, -0.15) is 0 Å². The summed E-state index contributed by atoms with van der Waals surface area (Å²) in [6, 6.07) is 13.4. The number of hydrogen-bond donors (Lipinski definition) is 0. The molecule has 172 valence electrons. The average molecular weight is 441 g/mol. The van der Waals surface area contributed by atoms with E-state index in [-0.39, 0.29) is 13.0 Å². The second-order valence-corrected chi connectivity index (χ2v) is 7.25. The van der Waals surface area contributed by atoms with Crippen molar-refractivity contribution in [3.63, 3.8) is 0 Å². The van der Waals surface area contributed by atoms with Crippen molar-refractivity contribution in [3.05, 3.63) is 65.2 Å². The summed E-state index contributed by atoms with van der Waals surface area (Å²) in [7, 11) is 1.62. The standard InChI is InChI=1S/C26H32O6/c1-5-7-8-9-20-12-15-24(31-18-21-10-13-23(29-4)14-11-21)22(16-20)17-25(32-19(3)27)26(28)30-6-2/h8-16,25H,5-7,17-18H2,1-4H3/b9-8+. The van der Waals surface area contributed by atoms with Gasteiger partial charge in [-0.25, -0.2) is 4.79 Å². The number of hydrogen-bond acceptors (Lipinski definition) is 6. The van der Waals surface area contributed by atoms with Crippen LogP contribution in [0.4, 0.5) is 0 Å². The second kappa shape index (κ2) is 13.2. The topological polar surface area (TPSA) is 71.1 Å². The van der Waals surface area contributed by atoms with Crippen molar-refractivity contribution in [3.8, 4) is 11.5 Å². The SMILES string of the molecule is CCC/C=C/c1ccc(OCc2ccc(OC)cc2)c(CC(OC(C)=O)C(=O)OCC)c1. The maximum absolute atomic E-state index is 12.4. The van der Waals surface area contributed by atoms with E-state index < -0.39 is 18.0 Å². The first-order valence-corrected chi connectivity index (χ1v) is 10.9. The molecule has 0 saturated heterocycles. The monoisotopic (exact) mass is 440 g/mol. The van der Waals surface area contributed by atoms with E-state index in [4.69, 9.17) is 18.9 Å². The summed E-state index contributed by atoms with van der Waals surface area (Å²) in [5.74, 6) is 0.282. The minimum Gasteiger partial charge on any atom is -0.497 e. The average Bonchev–Trinajstić information content (AvgIpc) is 2.78. The Hall–Kier alpha value is -3.28. The van der Waals surface area contributed by atoms with E-state index in [1.807, 2.05) is 48.5 Å². The molecule has 2 aromatic rings. The quantitative estimate of drug-likeness (QED) is 0.427. The number of carbonyl (C=O) groups is 2. The number of allylic oxidation sites excluding steroid dienone is 1. The van der Waals surface area contributed by atoms with E-state index >= 15 is 0 Å². The molecule has 1 atom stereocenters. The Morgan fingerprint density at radius 1 is 1.06 bits per heavy atom. The van der Waals surface area contributed by atoms with Crippen LogP contribution in [0, 0.1) is 0 Å². The van der Waals surface area contributed by atoms with Crippen LogP contribution in [0.15, 0.2) is 48.5 Å². The molecule has 0 bridgehead atoms. The second-order valence-electron chi connectivity index (χ2n) is 7.25. The third-order valence-electron chi connectivity index (χ3n) is 4.67. The number of rotatable bonds is 12. The molecular weight excluding hydrogens is 408 g/mol. The molecule has 0 aromatic heterocycles. The lowest BCUT2D eigenvalue weighted by Gasteiger charge is -2.18. The minimum absolute atomic E-state index is 0.159. The van der Waals surface area contributed by atoms with Gasteiger partial charge in [-0.1, -0.05) is 43.7 Å². The molecule has 0 amide bonds. The number of carbonyl (C=O) groups excluding carboxylic acids is 2. The number of ether oxygens (including phenoxy) is 4. The Morgan fingerprint density at radius 2 is 1.81 bits per heavy atom. The molecule has 0 radical (unpaired) electrons. The van der Waals surface area contributed by atoms with Gasteiger partial charge in [0, 0.05) is 13.3 Å². The molecular formula is C26H32O6. The third-order valence-corrected chi connectivity index (χ3v) is 4.67. The van der Waals surface area contributed by atoms with Gasteiger partial charge in [0.15, 0.2) is 0 Å². The van der Waals surface area contributed by atoms with E-state index in [0.717, 1.165) is 35.3 Å². The molecule has 6 heteroatoms. The molecule has 6 nitrogen and oxygen atoms in total. The summed E-state index contributed by atoms with van der Waals surface area (Å²) in [5.41, 5.74) is 2.72. The zero-order valence-corrected chi connectivity index (χ0v) is 19.3. The molecule has 0 aliphatic heterocycles. The Balaban J connectivity index is 2.27. The smallest absolute Gasteiger partial charge is 0.347 e. The predicted molar refractivity (Wildman–Crippen MR) is 124 cm³/mol. The van der Waals surface area contributed by atoms with E-state index in [2.05, 4.69) is 13.0 Å². The van der Waals surface area contributed by atoms with Gasteiger partial charge >= 0.3 is 11.9 Å². The molecule has 0 aliphatic carbocycles. The Bertz CT molecular complexity index is 901. The Kier molecular flexibility index (Phi) is 10.3. The summed E-state index contributed by atoms with van der Waals surface area (Å²) in [6.45, 7) is 5.66. The minimum atomic E-state index is -1.04. The van der Waals surface area contributed by atoms with Gasteiger partial charge in [0.1, 0.15) is 18.1 Å². The number of methoxy groups -OCH3 is 1. The van der Waals surface area contributed by atoms with Gasteiger partial charge in [0.05, 0.1) is 13.7 Å². The summed E-state index contributed by atoms with van der Waals surface area (Å²) >= 11 is 0. The van der Waals surface area contributed by atoms with Crippen LogP contribution in [0.5, 0.6) is 11.5 Å². The highest BCUT2D eigenvalue weighted by Crippen LogP contribution is 2.25. The summed E-state index contributed by atoms with van der Waals surface area (Å²) in [4.78, 5) is 23.9. The lowest BCUT2D eigenvalue weighted by Crippen LogP contribution is -2.30. The Morgan fingerprint density at radius 3 is 2.44 bits per heavy atom. The van der Waals surface area contributed by atoms with Crippen molar-refractivity contribution < 1.29 is 28.5 Å². The summed E-state index contributed by atoms with van der Waals surface area (Å²) in [5, 5.41) is 0. The fraction of sp³-hybridized carbons (Fsp3) is 0.385. The fourth-order valence-electron chi connectivity index (χ4n) is 3.08. The predicted octanol–water partition coefficient (Wildman–Crippen LogP) is 5.12. The van der Waals surface area contributed by atoms with Crippen LogP contribution in [0.1, 0.15) is 50.3 Å². The highest BCUT2D eigenvalue weighted by Gasteiger charge is 2.25. The van der Waals surface area contributed by atoms with Gasteiger partial charge in [-0.15, -0.1) is 0 Å². The molecule has 0 aliphatic rings. The van der Waals surface area contributed by atoms with Crippen molar-refractivity contribution in [2.45, 2.75) is 52.7 Å². The van der Waals surface area contributed by atoms with Crippen LogP contribution in [0.2, 0.25) is 0 Å². The lowest BCUT2D eigenvalue weighted by atomic mass is 10.0. The van der Waals surface area contributed by atoms with Crippen molar-refractivity contribution in [2.24, 2.45) is 0 Å². The van der Waals surface area contributed by atoms with Gasteiger partial charge in [0.2, 0.25) is 6.10 Å². The lowest BCUT2D eigenvalue weighted by molar-refractivity contribution is -0.166. The normalized spacial score (nSPS) is 11.8. The van der Waals surface area contributed by atoms with Crippen LogP contribution in [0.3, 0.4) is 0 Å². The molecule has 0 N–H and O–H groups in total. The number of benzene rings is 2. The molecule has 2 aromatic carbocycles. The van der Waals surface area contributed by atoms with Crippen LogP contribution < -0.4 is 9.47 Å². The van der Waals surface area contributed by atoms with Gasteiger partial charge in [-0.3, -0.25) is 4.79 Å². The molecule has 0 heterocycles. The van der Waals surface area contributed by atoms with Crippen molar-refractivity contribution in [1.29, 1.82) is 0 Å². The first-order chi connectivity index (χ1) is 15.5. The van der Waals surface area contributed by atoms with E-state index in [1.54, 1.807) is 14.0 Å². The maximum Gasteiger partial charge on any atom is 0.347 e. The van der Waals surface area contributed by atoms with E-state index in [0.29, 0.717) is 12.4 Å².